The van der Waals surface area contributed by atoms with Gasteiger partial charge >= 0.3 is 0 Å². The summed E-state index contributed by atoms with van der Waals surface area (Å²) in [6.45, 7) is 8.41. The van der Waals surface area contributed by atoms with Crippen molar-refractivity contribution >= 4 is 5.69 Å². The number of pyridine rings is 1. The van der Waals surface area contributed by atoms with Crippen LogP contribution in [0.3, 0.4) is 0 Å². The quantitative estimate of drug-likeness (QED) is 0.761. The molecule has 86 valence electrons. The number of hydrogen-bond donors (Lipinski definition) is 0. The van der Waals surface area contributed by atoms with Gasteiger partial charge < -0.3 is 4.90 Å². The third kappa shape index (κ3) is 2.96. The van der Waals surface area contributed by atoms with Gasteiger partial charge in [0.25, 0.3) is 0 Å². The van der Waals surface area contributed by atoms with Crippen LogP contribution in [0.4, 0.5) is 5.69 Å². The minimum atomic E-state index is 0.631. The summed E-state index contributed by atoms with van der Waals surface area (Å²) < 4.78 is 0. The molecule has 0 saturated heterocycles. The van der Waals surface area contributed by atoms with E-state index in [-0.39, 0.29) is 0 Å². The molecule has 1 heterocycles. The second kappa shape index (κ2) is 6.12. The molecule has 0 saturated carbocycles. The Morgan fingerprint density at radius 1 is 1.50 bits per heavy atom. The summed E-state index contributed by atoms with van der Waals surface area (Å²) >= 11 is 0. The average molecular weight is 217 g/mol. The molecule has 0 aliphatic rings. The van der Waals surface area contributed by atoms with E-state index in [9.17, 15) is 0 Å². The van der Waals surface area contributed by atoms with E-state index in [4.69, 9.17) is 5.26 Å². The van der Waals surface area contributed by atoms with Crippen LogP contribution in [-0.4, -0.2) is 18.1 Å². The molecule has 0 radical (unpaired) electrons. The Bertz CT molecular complexity index is 368. The summed E-state index contributed by atoms with van der Waals surface area (Å²) in [5, 5.41) is 9.05. The molecule has 0 aliphatic heterocycles. The van der Waals surface area contributed by atoms with Gasteiger partial charge in [-0.25, -0.2) is 0 Å². The lowest BCUT2D eigenvalue weighted by Gasteiger charge is -2.26. The van der Waals surface area contributed by atoms with E-state index in [1.807, 2.05) is 0 Å². The van der Waals surface area contributed by atoms with Crippen LogP contribution in [0.2, 0.25) is 0 Å². The van der Waals surface area contributed by atoms with E-state index in [2.05, 4.69) is 36.7 Å². The molecule has 3 heteroatoms. The van der Waals surface area contributed by atoms with E-state index in [1.54, 1.807) is 18.5 Å². The molecule has 0 fully saturated rings. The van der Waals surface area contributed by atoms with Crippen LogP contribution in [0.5, 0.6) is 0 Å². The van der Waals surface area contributed by atoms with Gasteiger partial charge in [-0.15, -0.1) is 0 Å². The minimum Gasteiger partial charge on any atom is -0.369 e. The van der Waals surface area contributed by atoms with Gasteiger partial charge in [-0.1, -0.05) is 20.3 Å². The van der Waals surface area contributed by atoms with Crippen LogP contribution >= 0.6 is 0 Å². The van der Waals surface area contributed by atoms with Gasteiger partial charge in [-0.2, -0.15) is 5.26 Å². The Labute approximate surface area is 97.7 Å². The first kappa shape index (κ1) is 12.5. The maximum Gasteiger partial charge on any atom is 0.101 e. The highest BCUT2D eigenvalue weighted by atomic mass is 15.1. The maximum atomic E-state index is 9.05. The SMILES string of the molecule is CCC(C)CN(CC)c1cnccc1C#N. The van der Waals surface area contributed by atoms with Gasteiger partial charge in [0.15, 0.2) is 0 Å². The molecule has 0 bridgehead atoms. The predicted molar refractivity (Wildman–Crippen MR) is 66.3 cm³/mol. The molecule has 0 N–H and O–H groups in total. The van der Waals surface area contributed by atoms with E-state index >= 15 is 0 Å². The predicted octanol–water partition coefficient (Wildman–Crippen LogP) is 2.83. The Kier molecular flexibility index (Phi) is 4.78. The van der Waals surface area contributed by atoms with E-state index in [0.29, 0.717) is 11.5 Å². The number of rotatable bonds is 5. The highest BCUT2D eigenvalue weighted by molar-refractivity contribution is 5.57. The average Bonchev–Trinajstić information content (AvgIpc) is 2.35. The van der Waals surface area contributed by atoms with Crippen LogP contribution in [0, 0.1) is 17.2 Å². The van der Waals surface area contributed by atoms with Crippen molar-refractivity contribution in [3.05, 3.63) is 24.0 Å². The van der Waals surface area contributed by atoms with Gasteiger partial charge in [0, 0.05) is 19.3 Å². The summed E-state index contributed by atoms with van der Waals surface area (Å²) in [6.07, 6.45) is 4.60. The zero-order chi connectivity index (χ0) is 12.0. The van der Waals surface area contributed by atoms with Crippen LogP contribution in [-0.2, 0) is 0 Å². The molecular weight excluding hydrogens is 198 g/mol. The lowest BCUT2D eigenvalue weighted by Crippen LogP contribution is -2.28. The Balaban J connectivity index is 2.91. The molecule has 3 nitrogen and oxygen atoms in total. The van der Waals surface area contributed by atoms with Crippen molar-refractivity contribution in [3.63, 3.8) is 0 Å². The molecular formula is C13H19N3. The van der Waals surface area contributed by atoms with Gasteiger partial charge in [0.05, 0.1) is 17.4 Å². The molecule has 1 aromatic heterocycles. The standard InChI is InChI=1S/C13H19N3/c1-4-11(3)10-16(5-2)13-9-15-7-6-12(13)8-14/h6-7,9,11H,4-5,10H2,1-3H3. The molecule has 1 atom stereocenters. The van der Waals surface area contributed by atoms with Gasteiger partial charge in [0.1, 0.15) is 6.07 Å². The number of aromatic nitrogens is 1. The first-order valence-corrected chi connectivity index (χ1v) is 5.81. The number of nitrogens with zero attached hydrogens (tertiary/aromatic N) is 3. The van der Waals surface area contributed by atoms with E-state index < -0.39 is 0 Å². The fourth-order valence-electron chi connectivity index (χ4n) is 1.64. The molecule has 0 spiro atoms. The van der Waals surface area contributed by atoms with Crippen LogP contribution in [0.25, 0.3) is 0 Å². The van der Waals surface area contributed by atoms with Crippen molar-refractivity contribution < 1.29 is 0 Å². The molecule has 0 aliphatic carbocycles. The fraction of sp³-hybridized carbons (Fsp3) is 0.538. The summed E-state index contributed by atoms with van der Waals surface area (Å²) in [6, 6.07) is 3.99. The lowest BCUT2D eigenvalue weighted by atomic mass is 10.1. The van der Waals surface area contributed by atoms with Crippen LogP contribution in [0.1, 0.15) is 32.8 Å². The van der Waals surface area contributed by atoms with Crippen molar-refractivity contribution in [2.75, 3.05) is 18.0 Å². The normalized spacial score (nSPS) is 11.9. The summed E-state index contributed by atoms with van der Waals surface area (Å²) in [7, 11) is 0. The minimum absolute atomic E-state index is 0.631. The fourth-order valence-corrected chi connectivity index (χ4v) is 1.64. The van der Waals surface area contributed by atoms with Crippen molar-refractivity contribution in [3.8, 4) is 6.07 Å². The Hall–Kier alpha value is -1.56. The third-order valence-corrected chi connectivity index (χ3v) is 2.87. The highest BCUT2D eigenvalue weighted by Gasteiger charge is 2.12. The van der Waals surface area contributed by atoms with E-state index in [0.717, 1.165) is 25.2 Å². The second-order valence-corrected chi connectivity index (χ2v) is 4.06. The monoisotopic (exact) mass is 217 g/mol. The van der Waals surface area contributed by atoms with Crippen LogP contribution < -0.4 is 4.90 Å². The van der Waals surface area contributed by atoms with Crippen molar-refractivity contribution in [1.82, 2.24) is 4.98 Å². The highest BCUT2D eigenvalue weighted by Crippen LogP contribution is 2.19. The molecule has 1 aromatic rings. The van der Waals surface area contributed by atoms with Crippen LogP contribution in [0.15, 0.2) is 18.5 Å². The third-order valence-electron chi connectivity index (χ3n) is 2.87. The summed E-state index contributed by atoms with van der Waals surface area (Å²) in [5.74, 6) is 0.631. The summed E-state index contributed by atoms with van der Waals surface area (Å²) in [4.78, 5) is 6.32. The van der Waals surface area contributed by atoms with Gasteiger partial charge in [-0.05, 0) is 18.9 Å². The Morgan fingerprint density at radius 3 is 2.81 bits per heavy atom. The largest absolute Gasteiger partial charge is 0.369 e. The first-order chi connectivity index (χ1) is 7.72. The van der Waals surface area contributed by atoms with Crippen molar-refractivity contribution in [2.45, 2.75) is 27.2 Å². The summed E-state index contributed by atoms with van der Waals surface area (Å²) in [5.41, 5.74) is 1.66. The molecule has 1 unspecified atom stereocenters. The number of anilines is 1. The Morgan fingerprint density at radius 2 is 2.25 bits per heavy atom. The van der Waals surface area contributed by atoms with Gasteiger partial charge in [0.2, 0.25) is 0 Å². The van der Waals surface area contributed by atoms with Crippen molar-refractivity contribution in [2.24, 2.45) is 5.92 Å². The zero-order valence-corrected chi connectivity index (χ0v) is 10.3. The topological polar surface area (TPSA) is 39.9 Å². The molecule has 1 rings (SSSR count). The maximum absolute atomic E-state index is 9.05. The van der Waals surface area contributed by atoms with Gasteiger partial charge in [-0.3, -0.25) is 4.98 Å². The molecule has 16 heavy (non-hydrogen) atoms. The smallest absolute Gasteiger partial charge is 0.101 e. The second-order valence-electron chi connectivity index (χ2n) is 4.06. The van der Waals surface area contributed by atoms with Crippen molar-refractivity contribution in [1.29, 1.82) is 5.26 Å². The number of nitriles is 1. The lowest BCUT2D eigenvalue weighted by molar-refractivity contribution is 0.547. The molecule has 0 aromatic carbocycles. The zero-order valence-electron chi connectivity index (χ0n) is 10.3. The first-order valence-electron chi connectivity index (χ1n) is 5.81. The van der Waals surface area contributed by atoms with E-state index in [1.165, 1.54) is 0 Å². The number of hydrogen-bond acceptors (Lipinski definition) is 3. The molecule has 0 amide bonds.